The van der Waals surface area contributed by atoms with Gasteiger partial charge in [-0.15, -0.1) is 0 Å². The van der Waals surface area contributed by atoms with Gasteiger partial charge in [-0.3, -0.25) is 0 Å². The maximum absolute atomic E-state index is 13.9. The van der Waals surface area contributed by atoms with Crippen LogP contribution in [-0.4, -0.2) is 11.1 Å². The summed E-state index contributed by atoms with van der Waals surface area (Å²) in [5.41, 5.74) is -0.622. The molecule has 100 valence electrons. The van der Waals surface area contributed by atoms with Crippen molar-refractivity contribution in [2.45, 2.75) is 19.3 Å². The van der Waals surface area contributed by atoms with Crippen molar-refractivity contribution in [1.82, 2.24) is 0 Å². The van der Waals surface area contributed by atoms with Crippen LogP contribution < -0.4 is 0 Å². The molecule has 2 aromatic carbocycles. The fourth-order valence-electron chi connectivity index (χ4n) is 2.14. The van der Waals surface area contributed by atoms with E-state index < -0.39 is 23.3 Å². The first-order chi connectivity index (χ1) is 8.89. The first-order valence-corrected chi connectivity index (χ1v) is 5.71. The number of benzene rings is 2. The van der Waals surface area contributed by atoms with E-state index in [4.69, 9.17) is 5.11 Å². The van der Waals surface area contributed by atoms with Crippen LogP contribution in [0, 0.1) is 5.82 Å². The van der Waals surface area contributed by atoms with Crippen LogP contribution in [0.2, 0.25) is 0 Å². The Balaban J connectivity index is 2.92. The van der Waals surface area contributed by atoms with E-state index in [1.54, 1.807) is 6.92 Å². The van der Waals surface area contributed by atoms with Crippen LogP contribution in [0.15, 0.2) is 30.3 Å². The molecule has 0 aliphatic rings. The summed E-state index contributed by atoms with van der Waals surface area (Å²) in [4.78, 5) is 10.8. The molecule has 5 heteroatoms. The molecule has 0 fully saturated rings. The molecule has 0 aromatic heterocycles. The van der Waals surface area contributed by atoms with E-state index in [0.29, 0.717) is 0 Å². The average Bonchev–Trinajstić information content (AvgIpc) is 2.38. The van der Waals surface area contributed by atoms with Crippen molar-refractivity contribution in [1.29, 1.82) is 0 Å². The van der Waals surface area contributed by atoms with E-state index in [-0.39, 0.29) is 22.8 Å². The Kier molecular flexibility index (Phi) is 3.22. The van der Waals surface area contributed by atoms with Crippen LogP contribution in [0.25, 0.3) is 10.8 Å². The van der Waals surface area contributed by atoms with E-state index in [1.807, 2.05) is 0 Å². The molecule has 0 heterocycles. The van der Waals surface area contributed by atoms with E-state index in [9.17, 15) is 18.0 Å². The van der Waals surface area contributed by atoms with Crippen LogP contribution in [0.1, 0.15) is 18.1 Å². The summed E-state index contributed by atoms with van der Waals surface area (Å²) in [5.74, 6) is -6.91. The van der Waals surface area contributed by atoms with Crippen molar-refractivity contribution in [3.8, 4) is 0 Å². The minimum Gasteiger partial charge on any atom is -0.477 e. The predicted molar refractivity (Wildman–Crippen MR) is 64.8 cm³/mol. The molecule has 0 aliphatic carbocycles. The van der Waals surface area contributed by atoms with Crippen molar-refractivity contribution in [3.05, 3.63) is 47.3 Å². The molecule has 19 heavy (non-hydrogen) atoms. The summed E-state index contributed by atoms with van der Waals surface area (Å²) in [7, 11) is 0. The second-order valence-corrected chi connectivity index (χ2v) is 4.17. The lowest BCUT2D eigenvalue weighted by atomic mass is 9.92. The lowest BCUT2D eigenvalue weighted by Gasteiger charge is -2.18. The van der Waals surface area contributed by atoms with Crippen LogP contribution in [-0.2, 0) is 17.1 Å². The number of aryl methyl sites for hydroxylation is 1. The first-order valence-electron chi connectivity index (χ1n) is 5.71. The van der Waals surface area contributed by atoms with Crippen LogP contribution in [0.4, 0.5) is 13.2 Å². The van der Waals surface area contributed by atoms with Crippen molar-refractivity contribution in [2.75, 3.05) is 0 Å². The minimum atomic E-state index is -4.04. The third kappa shape index (κ3) is 2.05. The minimum absolute atomic E-state index is 0.00333. The first kappa shape index (κ1) is 13.4. The number of carboxylic acid groups (broad SMARTS) is 1. The topological polar surface area (TPSA) is 37.3 Å². The Morgan fingerprint density at radius 2 is 1.84 bits per heavy atom. The summed E-state index contributed by atoms with van der Waals surface area (Å²) in [6.45, 7) is 1.57. The zero-order valence-corrected chi connectivity index (χ0v) is 10.1. The third-order valence-electron chi connectivity index (χ3n) is 3.04. The maximum Gasteiger partial charge on any atom is 0.379 e. The molecule has 0 atom stereocenters. The SMILES string of the molecule is CCc1cc(F)c2ccccc2c1C(F)(F)C(=O)O. The van der Waals surface area contributed by atoms with Crippen LogP contribution in [0.3, 0.4) is 0 Å². The normalized spacial score (nSPS) is 11.8. The van der Waals surface area contributed by atoms with Crippen molar-refractivity contribution in [2.24, 2.45) is 0 Å². The van der Waals surface area contributed by atoms with E-state index in [1.165, 1.54) is 24.3 Å². The summed E-state index contributed by atoms with van der Waals surface area (Å²) in [6, 6.07) is 6.63. The van der Waals surface area contributed by atoms with Gasteiger partial charge in [-0.25, -0.2) is 9.18 Å². The fourth-order valence-corrected chi connectivity index (χ4v) is 2.14. The highest BCUT2D eigenvalue weighted by atomic mass is 19.3. The second kappa shape index (κ2) is 4.57. The van der Waals surface area contributed by atoms with Crippen LogP contribution in [0.5, 0.6) is 0 Å². The molecule has 0 amide bonds. The van der Waals surface area contributed by atoms with Crippen molar-refractivity contribution in [3.63, 3.8) is 0 Å². The molecule has 0 saturated heterocycles. The molecule has 0 unspecified atom stereocenters. The summed E-state index contributed by atoms with van der Waals surface area (Å²) >= 11 is 0. The molecular weight excluding hydrogens is 257 g/mol. The summed E-state index contributed by atoms with van der Waals surface area (Å²) < 4.78 is 41.5. The van der Waals surface area contributed by atoms with E-state index in [2.05, 4.69) is 0 Å². The van der Waals surface area contributed by atoms with E-state index in [0.717, 1.165) is 6.07 Å². The zero-order chi connectivity index (χ0) is 14.2. The van der Waals surface area contributed by atoms with Gasteiger partial charge in [-0.1, -0.05) is 31.2 Å². The fraction of sp³-hybridized carbons (Fsp3) is 0.214. The van der Waals surface area contributed by atoms with Gasteiger partial charge in [-0.05, 0) is 23.4 Å². The van der Waals surface area contributed by atoms with Gasteiger partial charge in [0, 0.05) is 10.9 Å². The average molecular weight is 268 g/mol. The Labute approximate surface area is 107 Å². The smallest absolute Gasteiger partial charge is 0.379 e. The standard InChI is InChI=1S/C14H11F3O2/c1-2-8-7-11(15)9-5-3-4-6-10(9)12(8)14(16,17)13(18)19/h3-7H,2H2,1H3,(H,18,19). The molecule has 2 aromatic rings. The van der Waals surface area contributed by atoms with Crippen molar-refractivity contribution >= 4 is 16.7 Å². The molecule has 2 nitrogen and oxygen atoms in total. The highest BCUT2D eigenvalue weighted by Crippen LogP contribution is 2.38. The molecule has 1 N–H and O–H groups in total. The molecule has 2 rings (SSSR count). The summed E-state index contributed by atoms with van der Waals surface area (Å²) in [5, 5.41) is 8.63. The lowest BCUT2D eigenvalue weighted by molar-refractivity contribution is -0.166. The molecule has 0 radical (unpaired) electrons. The monoisotopic (exact) mass is 268 g/mol. The van der Waals surface area contributed by atoms with Gasteiger partial charge in [0.2, 0.25) is 0 Å². The largest absolute Gasteiger partial charge is 0.477 e. The quantitative estimate of drug-likeness (QED) is 0.921. The summed E-state index contributed by atoms with van der Waals surface area (Å²) in [6.07, 6.45) is 0.125. The van der Waals surface area contributed by atoms with Gasteiger partial charge >= 0.3 is 11.9 Å². The number of fused-ring (bicyclic) bond motifs is 1. The van der Waals surface area contributed by atoms with E-state index >= 15 is 0 Å². The van der Waals surface area contributed by atoms with Gasteiger partial charge in [0.05, 0.1) is 0 Å². The number of carboxylic acids is 1. The number of hydrogen-bond donors (Lipinski definition) is 1. The lowest BCUT2D eigenvalue weighted by Crippen LogP contribution is -2.27. The third-order valence-corrected chi connectivity index (χ3v) is 3.04. The number of hydrogen-bond acceptors (Lipinski definition) is 1. The number of aliphatic carboxylic acids is 1. The van der Waals surface area contributed by atoms with Crippen LogP contribution >= 0.6 is 0 Å². The van der Waals surface area contributed by atoms with Gasteiger partial charge in [0.15, 0.2) is 0 Å². The molecule has 0 aliphatic heterocycles. The second-order valence-electron chi connectivity index (χ2n) is 4.17. The number of alkyl halides is 2. The number of carbonyl (C=O) groups is 1. The number of halogens is 3. The highest BCUT2D eigenvalue weighted by molar-refractivity contribution is 5.92. The molecule has 0 bridgehead atoms. The Morgan fingerprint density at radius 1 is 1.26 bits per heavy atom. The highest BCUT2D eigenvalue weighted by Gasteiger charge is 2.44. The van der Waals surface area contributed by atoms with Gasteiger partial charge in [-0.2, -0.15) is 8.78 Å². The predicted octanol–water partition coefficient (Wildman–Crippen LogP) is 3.72. The Hall–Kier alpha value is -2.04. The molecular formula is C14H11F3O2. The number of rotatable bonds is 3. The Morgan fingerprint density at radius 3 is 2.37 bits per heavy atom. The van der Waals surface area contributed by atoms with Gasteiger partial charge < -0.3 is 5.11 Å². The zero-order valence-electron chi connectivity index (χ0n) is 10.1. The van der Waals surface area contributed by atoms with Crippen molar-refractivity contribution < 1.29 is 23.1 Å². The van der Waals surface area contributed by atoms with Gasteiger partial charge in [0.25, 0.3) is 0 Å². The Bertz CT molecular complexity index is 650. The van der Waals surface area contributed by atoms with Gasteiger partial charge in [0.1, 0.15) is 5.82 Å². The molecule has 0 saturated carbocycles. The molecule has 0 spiro atoms. The maximum atomic E-state index is 13.9.